The summed E-state index contributed by atoms with van der Waals surface area (Å²) >= 11 is 0. The van der Waals surface area contributed by atoms with E-state index in [1.807, 2.05) is 54.6 Å². The van der Waals surface area contributed by atoms with Crippen molar-refractivity contribution in [3.05, 3.63) is 91.0 Å². The fraction of sp³-hybridized carbons (Fsp3) is 0. The highest BCUT2D eigenvalue weighted by Gasteiger charge is 2.07. The molecule has 3 aromatic heterocycles. The second-order valence-electron chi connectivity index (χ2n) is 6.60. The van der Waals surface area contributed by atoms with Gasteiger partial charge in [-0.25, -0.2) is 14.4 Å². The molecule has 0 aliphatic rings. The van der Waals surface area contributed by atoms with Crippen molar-refractivity contribution in [2.75, 3.05) is 5.32 Å². The molecule has 0 saturated carbocycles. The van der Waals surface area contributed by atoms with Crippen molar-refractivity contribution in [1.82, 2.24) is 19.9 Å². The zero-order chi connectivity index (χ0) is 19.6. The van der Waals surface area contributed by atoms with Gasteiger partial charge in [-0.1, -0.05) is 18.2 Å². The Morgan fingerprint density at radius 2 is 1.79 bits per heavy atom. The Balaban J connectivity index is 1.39. The lowest BCUT2D eigenvalue weighted by molar-refractivity contribution is 0.629. The van der Waals surface area contributed by atoms with Crippen LogP contribution in [0.2, 0.25) is 0 Å². The molecule has 0 bridgehead atoms. The molecule has 0 unspecified atom stereocenters. The Hall–Kier alpha value is -4.06. The number of nitrogens with one attached hydrogen (secondary N) is 2. The molecule has 140 valence electrons. The number of rotatable bonds is 4. The molecule has 0 atom stereocenters. The fourth-order valence-corrected chi connectivity index (χ4v) is 3.16. The van der Waals surface area contributed by atoms with E-state index in [0.29, 0.717) is 11.3 Å². The van der Waals surface area contributed by atoms with E-state index in [2.05, 4.69) is 25.3 Å². The molecule has 0 radical (unpaired) electrons. The SMILES string of the molecule is Fc1ccc2nc(-c3cccc(Nc4ccc(-c5ccccn5)cn4)c3)[nH]c2c1. The molecule has 3 heterocycles. The zero-order valence-corrected chi connectivity index (χ0v) is 15.3. The van der Waals surface area contributed by atoms with Crippen LogP contribution in [0.15, 0.2) is 85.2 Å². The maximum absolute atomic E-state index is 13.4. The van der Waals surface area contributed by atoms with E-state index in [9.17, 15) is 4.39 Å². The standard InChI is InChI=1S/C23H16FN5/c24-17-8-9-20-21(13-17)29-23(28-20)15-4-3-5-18(12-15)27-22-10-7-16(14-26-22)19-6-1-2-11-25-19/h1-14H,(H,26,27)(H,28,29). The predicted molar refractivity (Wildman–Crippen MR) is 112 cm³/mol. The van der Waals surface area contributed by atoms with Crippen LogP contribution in [0.3, 0.4) is 0 Å². The minimum atomic E-state index is -0.289. The second-order valence-corrected chi connectivity index (χ2v) is 6.60. The number of benzene rings is 2. The molecule has 0 fully saturated rings. The fourth-order valence-electron chi connectivity index (χ4n) is 3.16. The molecule has 5 aromatic rings. The topological polar surface area (TPSA) is 66.5 Å². The molecule has 0 saturated heterocycles. The highest BCUT2D eigenvalue weighted by atomic mass is 19.1. The van der Waals surface area contributed by atoms with Crippen LogP contribution in [0.1, 0.15) is 0 Å². The molecular weight excluding hydrogens is 365 g/mol. The van der Waals surface area contributed by atoms with E-state index in [4.69, 9.17) is 0 Å². The van der Waals surface area contributed by atoms with Gasteiger partial charge in [-0.05, 0) is 54.6 Å². The van der Waals surface area contributed by atoms with E-state index in [-0.39, 0.29) is 5.82 Å². The monoisotopic (exact) mass is 381 g/mol. The van der Waals surface area contributed by atoms with Crippen LogP contribution in [-0.2, 0) is 0 Å². The smallest absolute Gasteiger partial charge is 0.138 e. The summed E-state index contributed by atoms with van der Waals surface area (Å²) < 4.78 is 13.4. The van der Waals surface area contributed by atoms with Gasteiger partial charge >= 0.3 is 0 Å². The van der Waals surface area contributed by atoms with E-state index in [1.165, 1.54) is 12.1 Å². The van der Waals surface area contributed by atoms with Crippen molar-refractivity contribution in [2.45, 2.75) is 0 Å². The number of fused-ring (bicyclic) bond motifs is 1. The first kappa shape index (κ1) is 17.1. The molecule has 5 nitrogen and oxygen atoms in total. The largest absolute Gasteiger partial charge is 0.340 e. The Labute approximate surface area is 166 Å². The van der Waals surface area contributed by atoms with Crippen LogP contribution < -0.4 is 5.32 Å². The summed E-state index contributed by atoms with van der Waals surface area (Å²) in [5.74, 6) is 1.13. The lowest BCUT2D eigenvalue weighted by atomic mass is 10.2. The predicted octanol–water partition coefficient (Wildman–Crippen LogP) is 5.57. The third-order valence-corrected chi connectivity index (χ3v) is 4.58. The number of hydrogen-bond donors (Lipinski definition) is 2. The average molecular weight is 381 g/mol. The lowest BCUT2D eigenvalue weighted by Crippen LogP contribution is -1.94. The van der Waals surface area contributed by atoms with Crippen molar-refractivity contribution < 1.29 is 4.39 Å². The molecule has 5 rings (SSSR count). The maximum atomic E-state index is 13.4. The number of hydrogen-bond acceptors (Lipinski definition) is 4. The van der Waals surface area contributed by atoms with Crippen LogP contribution in [0.25, 0.3) is 33.7 Å². The van der Waals surface area contributed by atoms with Crippen LogP contribution in [-0.4, -0.2) is 19.9 Å². The Kier molecular flexibility index (Phi) is 4.22. The number of halogens is 1. The van der Waals surface area contributed by atoms with Crippen LogP contribution >= 0.6 is 0 Å². The second kappa shape index (κ2) is 7.16. The number of aromatic nitrogens is 4. The Morgan fingerprint density at radius 3 is 2.62 bits per heavy atom. The third kappa shape index (κ3) is 3.55. The minimum absolute atomic E-state index is 0.289. The number of anilines is 2. The molecule has 0 aliphatic carbocycles. The normalized spacial score (nSPS) is 10.9. The average Bonchev–Trinajstić information content (AvgIpc) is 3.18. The van der Waals surface area contributed by atoms with Crippen LogP contribution in [0, 0.1) is 5.82 Å². The Morgan fingerprint density at radius 1 is 0.828 bits per heavy atom. The van der Waals surface area contributed by atoms with Gasteiger partial charge in [-0.15, -0.1) is 0 Å². The highest BCUT2D eigenvalue weighted by Crippen LogP contribution is 2.25. The molecule has 6 heteroatoms. The van der Waals surface area contributed by atoms with Gasteiger partial charge in [0.05, 0.1) is 16.7 Å². The van der Waals surface area contributed by atoms with Crippen molar-refractivity contribution in [3.63, 3.8) is 0 Å². The van der Waals surface area contributed by atoms with Gasteiger partial charge in [0.15, 0.2) is 0 Å². The molecule has 0 amide bonds. The molecule has 2 N–H and O–H groups in total. The van der Waals surface area contributed by atoms with E-state index < -0.39 is 0 Å². The van der Waals surface area contributed by atoms with E-state index in [1.54, 1.807) is 18.5 Å². The van der Waals surface area contributed by atoms with Crippen LogP contribution in [0.5, 0.6) is 0 Å². The molecular formula is C23H16FN5. The van der Waals surface area contributed by atoms with E-state index >= 15 is 0 Å². The summed E-state index contributed by atoms with van der Waals surface area (Å²) in [7, 11) is 0. The van der Waals surface area contributed by atoms with Gasteiger partial charge in [0, 0.05) is 29.2 Å². The van der Waals surface area contributed by atoms with E-state index in [0.717, 1.165) is 33.8 Å². The van der Waals surface area contributed by atoms with Crippen LogP contribution in [0.4, 0.5) is 15.9 Å². The molecule has 0 spiro atoms. The number of nitrogens with zero attached hydrogens (tertiary/aromatic N) is 3. The zero-order valence-electron chi connectivity index (χ0n) is 15.3. The first-order valence-electron chi connectivity index (χ1n) is 9.15. The molecule has 29 heavy (non-hydrogen) atoms. The summed E-state index contributed by atoms with van der Waals surface area (Å²) in [6, 6.07) is 22.0. The Bertz CT molecular complexity index is 1280. The summed E-state index contributed by atoms with van der Waals surface area (Å²) in [6.45, 7) is 0. The summed E-state index contributed by atoms with van der Waals surface area (Å²) in [4.78, 5) is 16.5. The summed E-state index contributed by atoms with van der Waals surface area (Å²) in [5, 5.41) is 3.30. The highest BCUT2D eigenvalue weighted by molar-refractivity contribution is 5.80. The van der Waals surface area contributed by atoms with Gasteiger partial charge < -0.3 is 10.3 Å². The minimum Gasteiger partial charge on any atom is -0.340 e. The van der Waals surface area contributed by atoms with Gasteiger partial charge in [0.1, 0.15) is 17.5 Å². The quantitative estimate of drug-likeness (QED) is 0.427. The molecule has 0 aliphatic heterocycles. The van der Waals surface area contributed by atoms with Crippen molar-refractivity contribution >= 4 is 22.5 Å². The van der Waals surface area contributed by atoms with Gasteiger partial charge in [0.2, 0.25) is 0 Å². The number of H-pyrrole nitrogens is 1. The molecule has 2 aromatic carbocycles. The summed E-state index contributed by atoms with van der Waals surface area (Å²) in [5.41, 5.74) is 5.02. The lowest BCUT2D eigenvalue weighted by Gasteiger charge is -2.08. The first-order valence-corrected chi connectivity index (χ1v) is 9.15. The first-order chi connectivity index (χ1) is 14.2. The maximum Gasteiger partial charge on any atom is 0.138 e. The van der Waals surface area contributed by atoms with Gasteiger partial charge in [0.25, 0.3) is 0 Å². The number of aromatic amines is 1. The van der Waals surface area contributed by atoms with Gasteiger partial charge in [-0.3, -0.25) is 4.98 Å². The third-order valence-electron chi connectivity index (χ3n) is 4.58. The van der Waals surface area contributed by atoms with Gasteiger partial charge in [-0.2, -0.15) is 0 Å². The van der Waals surface area contributed by atoms with Crippen molar-refractivity contribution in [1.29, 1.82) is 0 Å². The van der Waals surface area contributed by atoms with Crippen molar-refractivity contribution in [2.24, 2.45) is 0 Å². The van der Waals surface area contributed by atoms with Crippen molar-refractivity contribution in [3.8, 4) is 22.6 Å². The summed E-state index contributed by atoms with van der Waals surface area (Å²) in [6.07, 6.45) is 3.56. The number of pyridine rings is 2. The number of imidazole rings is 1.